The number of hydrogen-bond acceptors (Lipinski definition) is 6. The van der Waals surface area contributed by atoms with Crippen molar-refractivity contribution >= 4 is 17.5 Å². The zero-order valence-corrected chi connectivity index (χ0v) is 28.7. The number of Topliss-reactive ketones (excluding diaryl/α,β-unsaturated/α-hetero) is 2. The van der Waals surface area contributed by atoms with Gasteiger partial charge < -0.3 is 19.4 Å². The average Bonchev–Trinajstić information content (AvgIpc) is 2.96. The summed E-state index contributed by atoms with van der Waals surface area (Å²) in [5, 5.41) is 2.69. The van der Waals surface area contributed by atoms with Crippen LogP contribution in [0.2, 0.25) is 0 Å². The Bertz CT molecular complexity index is 1900. The van der Waals surface area contributed by atoms with Gasteiger partial charge in [-0.1, -0.05) is 25.5 Å². The summed E-state index contributed by atoms with van der Waals surface area (Å²) in [6.07, 6.45) is 6.41. The van der Waals surface area contributed by atoms with E-state index in [-0.39, 0.29) is 58.7 Å². The van der Waals surface area contributed by atoms with Crippen LogP contribution in [0.4, 0.5) is 0 Å². The van der Waals surface area contributed by atoms with Gasteiger partial charge in [0.25, 0.3) is 22.6 Å². The van der Waals surface area contributed by atoms with Crippen LogP contribution in [0.1, 0.15) is 104 Å². The Morgan fingerprint density at radius 3 is 2.13 bits per heavy atom. The van der Waals surface area contributed by atoms with Gasteiger partial charge in [-0.25, -0.2) is 0 Å². The molecule has 1 aliphatic carbocycles. The largest absolute Gasteiger partial charge is 0.348 e. The van der Waals surface area contributed by atoms with E-state index in [2.05, 4.69) is 10.3 Å². The van der Waals surface area contributed by atoms with Crippen LogP contribution in [0.15, 0.2) is 79.9 Å². The molecule has 2 N–H and O–H groups in total. The number of pyridine rings is 3. The minimum Gasteiger partial charge on any atom is -0.348 e. The van der Waals surface area contributed by atoms with Crippen LogP contribution >= 0.6 is 0 Å². The Balaban J connectivity index is 0.000000256. The topological polar surface area (TPSA) is 140 Å². The van der Waals surface area contributed by atoms with E-state index in [0.717, 1.165) is 28.0 Å². The van der Waals surface area contributed by atoms with Gasteiger partial charge in [-0.15, -0.1) is 0 Å². The SMILES string of the molecule is CC1=CC(C)=C(CCC(=O)c2ccn(CC(C)C)c(=O)c2)C(=O)C1.Cc1cc(C)c(CNC(=O)c2ccn(C(C)C)c(=O)c2)c(=O)[nH]1. The molecule has 3 heterocycles. The van der Waals surface area contributed by atoms with Gasteiger partial charge >= 0.3 is 0 Å². The summed E-state index contributed by atoms with van der Waals surface area (Å²) in [5.74, 6) is 0.00110. The molecule has 0 bridgehead atoms. The number of aromatic nitrogens is 3. The fourth-order valence-electron chi connectivity index (χ4n) is 5.46. The fourth-order valence-corrected chi connectivity index (χ4v) is 5.46. The van der Waals surface area contributed by atoms with Crippen molar-refractivity contribution in [1.29, 1.82) is 0 Å². The number of aromatic amines is 1. The second-order valence-electron chi connectivity index (χ2n) is 12.9. The van der Waals surface area contributed by atoms with Crippen LogP contribution in [0.5, 0.6) is 0 Å². The lowest BCUT2D eigenvalue weighted by Gasteiger charge is -2.15. The average molecular weight is 643 g/mol. The summed E-state index contributed by atoms with van der Waals surface area (Å²) in [6.45, 7) is 16.1. The molecular weight excluding hydrogens is 596 g/mol. The Morgan fingerprint density at radius 2 is 1.55 bits per heavy atom. The molecule has 0 fully saturated rings. The molecule has 10 heteroatoms. The number of nitrogens with zero attached hydrogens (tertiary/aromatic N) is 2. The Labute approximate surface area is 275 Å². The zero-order valence-electron chi connectivity index (χ0n) is 28.7. The molecule has 10 nitrogen and oxygen atoms in total. The van der Waals surface area contributed by atoms with E-state index in [1.54, 1.807) is 40.6 Å². The number of carbonyl (C=O) groups is 3. The normalized spacial score (nSPS) is 13.0. The number of allylic oxidation sites excluding steroid dienone is 4. The third kappa shape index (κ3) is 10.1. The highest BCUT2D eigenvalue weighted by molar-refractivity contribution is 6.01. The Hall–Kier alpha value is -4.86. The number of ketones is 2. The molecule has 0 spiro atoms. The lowest BCUT2D eigenvalue weighted by atomic mass is 9.89. The third-order valence-electron chi connectivity index (χ3n) is 7.88. The van der Waals surface area contributed by atoms with Crippen molar-refractivity contribution in [2.24, 2.45) is 5.92 Å². The van der Waals surface area contributed by atoms with E-state index in [1.807, 2.05) is 60.6 Å². The van der Waals surface area contributed by atoms with Crippen molar-refractivity contribution in [2.75, 3.05) is 0 Å². The van der Waals surface area contributed by atoms with Crippen LogP contribution in [0, 0.1) is 19.8 Å². The van der Waals surface area contributed by atoms with E-state index in [1.165, 1.54) is 12.1 Å². The first kappa shape index (κ1) is 36.6. The summed E-state index contributed by atoms with van der Waals surface area (Å²) >= 11 is 0. The van der Waals surface area contributed by atoms with E-state index in [9.17, 15) is 28.8 Å². The van der Waals surface area contributed by atoms with Gasteiger partial charge in [-0.3, -0.25) is 28.8 Å². The molecule has 0 saturated heterocycles. The first-order chi connectivity index (χ1) is 22.1. The highest BCUT2D eigenvalue weighted by atomic mass is 16.2. The van der Waals surface area contributed by atoms with Crippen molar-refractivity contribution in [3.05, 3.63) is 125 Å². The number of carbonyl (C=O) groups excluding carboxylic acids is 3. The van der Waals surface area contributed by atoms with Crippen LogP contribution in [0.3, 0.4) is 0 Å². The van der Waals surface area contributed by atoms with Gasteiger partial charge in [0.2, 0.25) is 0 Å². The molecule has 1 amide bonds. The van der Waals surface area contributed by atoms with Crippen LogP contribution in [0.25, 0.3) is 0 Å². The number of rotatable bonds is 10. The van der Waals surface area contributed by atoms with Gasteiger partial charge in [0.1, 0.15) is 0 Å². The molecule has 0 unspecified atom stereocenters. The van der Waals surface area contributed by atoms with E-state index in [4.69, 9.17) is 0 Å². The van der Waals surface area contributed by atoms with Crippen LogP contribution in [-0.2, 0) is 17.9 Å². The maximum absolute atomic E-state index is 12.4. The van der Waals surface area contributed by atoms with Gasteiger partial charge in [-0.05, 0) is 88.8 Å². The maximum Gasteiger partial charge on any atom is 0.253 e. The first-order valence-electron chi connectivity index (χ1n) is 15.9. The Kier molecular flexibility index (Phi) is 12.5. The number of nitrogens with one attached hydrogen (secondary N) is 2. The van der Waals surface area contributed by atoms with Crippen LogP contribution in [-0.4, -0.2) is 31.6 Å². The minimum atomic E-state index is -0.377. The molecule has 0 radical (unpaired) electrons. The highest BCUT2D eigenvalue weighted by Gasteiger charge is 2.19. The monoisotopic (exact) mass is 642 g/mol. The summed E-state index contributed by atoms with van der Waals surface area (Å²) in [5.41, 5.74) is 4.97. The predicted molar refractivity (Wildman–Crippen MR) is 184 cm³/mol. The second kappa shape index (κ2) is 16.1. The van der Waals surface area contributed by atoms with Crippen molar-refractivity contribution < 1.29 is 14.4 Å². The third-order valence-corrected chi connectivity index (χ3v) is 7.88. The summed E-state index contributed by atoms with van der Waals surface area (Å²) < 4.78 is 3.16. The molecule has 0 aliphatic heterocycles. The minimum absolute atomic E-state index is 0.0355. The van der Waals surface area contributed by atoms with Crippen molar-refractivity contribution in [2.45, 2.75) is 93.8 Å². The first-order valence-corrected chi connectivity index (χ1v) is 15.9. The second-order valence-corrected chi connectivity index (χ2v) is 12.9. The number of H-pyrrole nitrogens is 1. The van der Waals surface area contributed by atoms with Crippen molar-refractivity contribution in [1.82, 2.24) is 19.4 Å². The van der Waals surface area contributed by atoms with E-state index < -0.39 is 0 Å². The number of hydrogen-bond donors (Lipinski definition) is 2. The van der Waals surface area contributed by atoms with Gasteiger partial charge in [0.15, 0.2) is 11.6 Å². The molecule has 1 aliphatic rings. The lowest BCUT2D eigenvalue weighted by molar-refractivity contribution is -0.115. The molecule has 4 rings (SSSR count). The lowest BCUT2D eigenvalue weighted by Crippen LogP contribution is -2.29. The quantitative estimate of drug-likeness (QED) is 0.285. The maximum atomic E-state index is 12.4. The fraction of sp³-hybridized carbons (Fsp3) is 0.405. The van der Waals surface area contributed by atoms with E-state index in [0.29, 0.717) is 36.4 Å². The van der Waals surface area contributed by atoms with Crippen molar-refractivity contribution in [3.8, 4) is 0 Å². The summed E-state index contributed by atoms with van der Waals surface area (Å²) in [6, 6.07) is 7.89. The zero-order chi connectivity index (χ0) is 35.0. The molecule has 0 aromatic carbocycles. The molecule has 0 saturated carbocycles. The molecule has 3 aromatic rings. The summed E-state index contributed by atoms with van der Waals surface area (Å²) in [7, 11) is 0. The molecule has 0 atom stereocenters. The van der Waals surface area contributed by atoms with Gasteiger partial charge in [0, 0.05) is 78.9 Å². The molecule has 250 valence electrons. The molecule has 3 aromatic heterocycles. The van der Waals surface area contributed by atoms with Gasteiger partial charge in [-0.2, -0.15) is 0 Å². The Morgan fingerprint density at radius 1 is 0.894 bits per heavy atom. The highest BCUT2D eigenvalue weighted by Crippen LogP contribution is 2.24. The smallest absolute Gasteiger partial charge is 0.253 e. The predicted octanol–water partition coefficient (Wildman–Crippen LogP) is 5.37. The molecule has 47 heavy (non-hydrogen) atoms. The number of aryl methyl sites for hydroxylation is 2. The van der Waals surface area contributed by atoms with Crippen molar-refractivity contribution in [3.63, 3.8) is 0 Å². The van der Waals surface area contributed by atoms with Crippen LogP contribution < -0.4 is 22.0 Å². The van der Waals surface area contributed by atoms with E-state index >= 15 is 0 Å². The standard InChI is InChI=1S/C20H25NO3.C17H21N3O3/c1-13(2)12-21-8-7-16(11-20(21)24)18(22)6-5-17-15(4)9-14(3)10-19(17)23;1-10(2)20-6-5-13(8-15(20)21)16(22)18-9-14-11(3)7-12(4)19-17(14)23/h7-9,11,13H,5-6,10,12H2,1-4H3;5-8,10H,9H2,1-4H3,(H,18,22)(H,19,23). The van der Waals surface area contributed by atoms with Gasteiger partial charge in [0.05, 0.1) is 0 Å². The molecular formula is C37H46N4O6. The number of amides is 1. The summed E-state index contributed by atoms with van der Waals surface area (Å²) in [4.78, 5) is 75.3.